The van der Waals surface area contributed by atoms with Crippen LogP contribution in [-0.4, -0.2) is 31.8 Å². The number of rotatable bonds is 4. The molecular formula is C19H16N6S2. The third-order valence-electron chi connectivity index (χ3n) is 4.51. The lowest BCUT2D eigenvalue weighted by Gasteiger charge is -2.05. The van der Waals surface area contributed by atoms with E-state index in [0.29, 0.717) is 0 Å². The van der Waals surface area contributed by atoms with E-state index in [1.807, 2.05) is 31.1 Å². The van der Waals surface area contributed by atoms with Crippen molar-refractivity contribution < 1.29 is 0 Å². The molecule has 0 radical (unpaired) electrons. The number of anilines is 1. The molecule has 1 N–H and O–H groups in total. The minimum absolute atomic E-state index is 0.820. The van der Waals surface area contributed by atoms with Gasteiger partial charge in [0, 0.05) is 29.8 Å². The molecule has 0 atom stereocenters. The monoisotopic (exact) mass is 392 g/mol. The molecule has 6 nitrogen and oxygen atoms in total. The second kappa shape index (κ2) is 6.40. The van der Waals surface area contributed by atoms with Gasteiger partial charge in [-0.25, -0.2) is 9.97 Å². The number of allylic oxidation sites excluding steroid dienone is 1. The Kier molecular flexibility index (Phi) is 3.87. The normalized spacial score (nSPS) is 12.9. The fourth-order valence-electron chi connectivity index (χ4n) is 3.18. The van der Waals surface area contributed by atoms with E-state index >= 15 is 0 Å². The van der Waals surface area contributed by atoms with Gasteiger partial charge in [-0.2, -0.15) is 0 Å². The van der Waals surface area contributed by atoms with E-state index in [2.05, 4.69) is 50.2 Å². The third-order valence-corrected chi connectivity index (χ3v) is 6.36. The smallest absolute Gasteiger partial charge is 0.205 e. The molecule has 0 amide bonds. The summed E-state index contributed by atoms with van der Waals surface area (Å²) < 4.78 is 1.97. The Morgan fingerprint density at radius 3 is 2.93 bits per heavy atom. The van der Waals surface area contributed by atoms with Gasteiger partial charge in [0.05, 0.1) is 11.4 Å². The number of nitrogens with zero attached hydrogens (tertiary/aromatic N) is 5. The predicted octanol–water partition coefficient (Wildman–Crippen LogP) is 4.19. The van der Waals surface area contributed by atoms with Gasteiger partial charge in [-0.15, -0.1) is 21.5 Å². The van der Waals surface area contributed by atoms with Crippen molar-refractivity contribution in [2.75, 3.05) is 12.4 Å². The zero-order chi connectivity index (χ0) is 18.4. The molecule has 0 fully saturated rings. The molecule has 1 aromatic carbocycles. The lowest BCUT2D eigenvalue weighted by Crippen LogP contribution is -1.92. The highest BCUT2D eigenvalue weighted by molar-refractivity contribution is 7.18. The molecule has 5 rings (SSSR count). The second-order valence-corrected chi connectivity index (χ2v) is 8.11. The van der Waals surface area contributed by atoms with E-state index < -0.39 is 0 Å². The molecule has 0 saturated carbocycles. The van der Waals surface area contributed by atoms with Gasteiger partial charge < -0.3 is 5.32 Å². The highest BCUT2D eigenvalue weighted by Crippen LogP contribution is 2.37. The van der Waals surface area contributed by atoms with Gasteiger partial charge in [0.15, 0.2) is 5.13 Å². The Hall–Kier alpha value is -2.84. The molecule has 0 saturated heterocycles. The van der Waals surface area contributed by atoms with Crippen LogP contribution < -0.4 is 5.32 Å². The Morgan fingerprint density at radius 1 is 1.22 bits per heavy atom. The molecule has 134 valence electrons. The van der Waals surface area contributed by atoms with Gasteiger partial charge in [-0.3, -0.25) is 4.57 Å². The van der Waals surface area contributed by atoms with Crippen molar-refractivity contribution >= 4 is 33.4 Å². The molecule has 8 heteroatoms. The number of aryl methyl sites for hydroxylation is 1. The molecule has 4 aromatic rings. The van der Waals surface area contributed by atoms with E-state index in [1.165, 1.54) is 16.7 Å². The average molecular weight is 393 g/mol. The zero-order valence-corrected chi connectivity index (χ0v) is 16.4. The quantitative estimate of drug-likeness (QED) is 0.564. The summed E-state index contributed by atoms with van der Waals surface area (Å²) in [6.45, 7) is 1.98. The van der Waals surface area contributed by atoms with Crippen LogP contribution in [0.4, 0.5) is 5.13 Å². The number of imidazole rings is 1. The van der Waals surface area contributed by atoms with Crippen LogP contribution in [0.5, 0.6) is 0 Å². The summed E-state index contributed by atoms with van der Waals surface area (Å²) in [5.41, 5.74) is 6.81. The summed E-state index contributed by atoms with van der Waals surface area (Å²) in [5, 5.41) is 16.3. The van der Waals surface area contributed by atoms with Crippen LogP contribution in [0.15, 0.2) is 42.2 Å². The first-order valence-corrected chi connectivity index (χ1v) is 10.2. The van der Waals surface area contributed by atoms with E-state index in [-0.39, 0.29) is 0 Å². The van der Waals surface area contributed by atoms with Crippen LogP contribution in [0.3, 0.4) is 0 Å². The Bertz CT molecular complexity index is 1170. The molecule has 27 heavy (non-hydrogen) atoms. The van der Waals surface area contributed by atoms with Crippen molar-refractivity contribution in [2.45, 2.75) is 13.3 Å². The highest BCUT2D eigenvalue weighted by Gasteiger charge is 2.20. The first-order chi connectivity index (χ1) is 13.2. The molecule has 0 unspecified atom stereocenters. The van der Waals surface area contributed by atoms with Gasteiger partial charge in [0.25, 0.3) is 0 Å². The van der Waals surface area contributed by atoms with Crippen LogP contribution in [0.1, 0.15) is 22.5 Å². The number of hydrogen-bond acceptors (Lipinski definition) is 7. The molecule has 0 aliphatic heterocycles. The zero-order valence-electron chi connectivity index (χ0n) is 14.8. The SMILES string of the molecule is CNc1nnc(-c2ccc3c(c2)C(c2csc(-n4cnc(C)c4)n2)=CC3)s1. The van der Waals surface area contributed by atoms with E-state index in [4.69, 9.17) is 4.98 Å². The number of nitrogens with one attached hydrogen (secondary N) is 1. The van der Waals surface area contributed by atoms with Gasteiger partial charge in [0.1, 0.15) is 11.3 Å². The van der Waals surface area contributed by atoms with E-state index in [0.717, 1.165) is 38.6 Å². The number of fused-ring (bicyclic) bond motifs is 1. The second-order valence-electron chi connectivity index (χ2n) is 6.29. The standard InChI is InChI=1S/C19H16N6S2/c1-11-8-25(10-21-11)19-22-16(9-26-19)14-6-5-12-3-4-13(7-15(12)14)17-23-24-18(20-2)27-17/h3-4,6-10H,5H2,1-2H3,(H,20,24). The van der Waals surface area contributed by atoms with E-state index in [9.17, 15) is 0 Å². The average Bonchev–Trinajstić information content (AvgIpc) is 3.45. The van der Waals surface area contributed by atoms with Crippen molar-refractivity contribution in [2.24, 2.45) is 0 Å². The van der Waals surface area contributed by atoms with Crippen molar-refractivity contribution in [1.82, 2.24) is 24.7 Å². The molecular weight excluding hydrogens is 376 g/mol. The summed E-state index contributed by atoms with van der Waals surface area (Å²) in [6, 6.07) is 6.51. The van der Waals surface area contributed by atoms with Crippen LogP contribution >= 0.6 is 22.7 Å². The molecule has 1 aliphatic rings. The summed E-state index contributed by atoms with van der Waals surface area (Å²) in [7, 11) is 1.86. The summed E-state index contributed by atoms with van der Waals surface area (Å²) >= 11 is 3.18. The molecule has 0 bridgehead atoms. The molecule has 0 spiro atoms. The fourth-order valence-corrected chi connectivity index (χ4v) is 4.64. The topological polar surface area (TPSA) is 68.5 Å². The summed E-state index contributed by atoms with van der Waals surface area (Å²) in [6.07, 6.45) is 6.99. The lowest BCUT2D eigenvalue weighted by molar-refractivity contribution is 1.03. The minimum atomic E-state index is 0.820. The lowest BCUT2D eigenvalue weighted by atomic mass is 10.0. The maximum atomic E-state index is 4.83. The van der Waals surface area contributed by atoms with Crippen LogP contribution in [0.25, 0.3) is 21.3 Å². The van der Waals surface area contributed by atoms with Crippen LogP contribution in [0, 0.1) is 6.92 Å². The summed E-state index contributed by atoms with van der Waals surface area (Å²) in [4.78, 5) is 9.12. The molecule has 1 aliphatic carbocycles. The third kappa shape index (κ3) is 2.87. The molecule has 3 aromatic heterocycles. The van der Waals surface area contributed by atoms with Gasteiger partial charge >= 0.3 is 0 Å². The van der Waals surface area contributed by atoms with Gasteiger partial charge in [-0.1, -0.05) is 29.5 Å². The van der Waals surface area contributed by atoms with Crippen molar-refractivity contribution in [3.05, 3.63) is 64.7 Å². The van der Waals surface area contributed by atoms with Gasteiger partial charge in [-0.05, 0) is 30.5 Å². The molecule has 3 heterocycles. The minimum Gasteiger partial charge on any atom is -0.363 e. The Labute approximate surface area is 164 Å². The van der Waals surface area contributed by atoms with E-state index in [1.54, 1.807) is 22.7 Å². The Balaban J connectivity index is 1.50. The number of aromatic nitrogens is 5. The predicted molar refractivity (Wildman–Crippen MR) is 110 cm³/mol. The number of thiazole rings is 1. The van der Waals surface area contributed by atoms with Crippen LogP contribution in [0.2, 0.25) is 0 Å². The number of benzene rings is 1. The highest BCUT2D eigenvalue weighted by atomic mass is 32.1. The number of hydrogen-bond donors (Lipinski definition) is 1. The van der Waals surface area contributed by atoms with Crippen molar-refractivity contribution in [3.63, 3.8) is 0 Å². The largest absolute Gasteiger partial charge is 0.363 e. The maximum absolute atomic E-state index is 4.83. The Morgan fingerprint density at radius 2 is 2.15 bits per heavy atom. The van der Waals surface area contributed by atoms with Crippen molar-refractivity contribution in [1.29, 1.82) is 0 Å². The van der Waals surface area contributed by atoms with Crippen LogP contribution in [-0.2, 0) is 6.42 Å². The first-order valence-electron chi connectivity index (χ1n) is 8.53. The van der Waals surface area contributed by atoms with Gasteiger partial charge in [0.2, 0.25) is 5.13 Å². The fraction of sp³-hybridized carbons (Fsp3) is 0.158. The maximum Gasteiger partial charge on any atom is 0.205 e. The summed E-state index contributed by atoms with van der Waals surface area (Å²) in [5.74, 6) is 0. The first kappa shape index (κ1) is 16.3. The van der Waals surface area contributed by atoms with Crippen molar-refractivity contribution in [3.8, 4) is 15.7 Å².